The number of ether oxygens (including phenoxy) is 1. The minimum Gasteiger partial charge on any atom is -0.387 e. The van der Waals surface area contributed by atoms with Crippen LogP contribution in [0.5, 0.6) is 0 Å². The normalized spacial score (nSPS) is 24.5. The zero-order valence-electron chi connectivity index (χ0n) is 20.4. The average Bonchev–Trinajstić information content (AvgIpc) is 3.36. The molecular weight excluding hydrogens is 621 g/mol. The minimum absolute atomic E-state index is 0.0533. The Morgan fingerprint density at radius 1 is 1.05 bits per heavy atom. The maximum Gasteiger partial charge on any atom is 0.490 e. The molecule has 0 amide bonds. The molecule has 6 atom stereocenters. The second-order valence-corrected chi connectivity index (χ2v) is 13.8. The van der Waals surface area contributed by atoms with Gasteiger partial charge in [0.15, 0.2) is 22.8 Å². The number of unbranched alkanes of at least 4 members (excludes halogenated alkanes) is 4. The van der Waals surface area contributed by atoms with Gasteiger partial charge in [-0.05, 0) is 12.8 Å². The molecule has 0 spiro atoms. The first-order chi connectivity index (χ1) is 18.6. The van der Waals surface area contributed by atoms with E-state index in [9.17, 15) is 33.7 Å². The molecular formula is C17H27N6O13P3S. The monoisotopic (exact) mass is 648 g/mol. The molecule has 3 rings (SSSR count). The first kappa shape index (κ1) is 33.0. The van der Waals surface area contributed by atoms with Crippen LogP contribution in [-0.4, -0.2) is 80.0 Å². The lowest BCUT2D eigenvalue weighted by Crippen LogP contribution is -2.33. The largest absolute Gasteiger partial charge is 0.490 e. The number of phosphoric acid groups is 3. The summed E-state index contributed by atoms with van der Waals surface area (Å²) < 4.78 is 52.7. The summed E-state index contributed by atoms with van der Waals surface area (Å²) >= 11 is 1.33. The predicted molar refractivity (Wildman–Crippen MR) is 135 cm³/mol. The molecule has 1 aliphatic rings. The van der Waals surface area contributed by atoms with Crippen LogP contribution in [0.15, 0.2) is 11.5 Å². The highest BCUT2D eigenvalue weighted by Gasteiger charge is 2.47. The fraction of sp³-hybridized carbons (Fsp3) is 0.647. The number of aliphatic hydroxyl groups excluding tert-OH is 2. The molecule has 0 saturated carbocycles. The van der Waals surface area contributed by atoms with E-state index in [-0.39, 0.29) is 17.0 Å². The number of imidazole rings is 1. The van der Waals surface area contributed by atoms with Gasteiger partial charge in [0, 0.05) is 12.2 Å². The standard InChI is InChI=1S/C17H27N6O13P3S/c18-6-4-2-1-3-5-7-40-17-21-14(19)11-15(22-17)23(9-20-11)16-13(25)12(24)10(34-16)8-33-38(29,30)36-39(31,32)35-37(26,27)28/h9-10,12-13,16,24-25H,1-5,7-8H2,(H,29,30)(H,31,32)(H2,19,21,22)(H2,26,27,28). The van der Waals surface area contributed by atoms with Crippen LogP contribution >= 0.6 is 35.2 Å². The molecule has 1 aliphatic heterocycles. The summed E-state index contributed by atoms with van der Waals surface area (Å²) in [6, 6.07) is 2.10. The fourth-order valence-electron chi connectivity index (χ4n) is 3.56. The lowest BCUT2D eigenvalue weighted by atomic mass is 10.1. The Morgan fingerprint density at radius 3 is 2.42 bits per heavy atom. The highest BCUT2D eigenvalue weighted by Crippen LogP contribution is 2.66. The molecule has 23 heteroatoms. The van der Waals surface area contributed by atoms with E-state index in [2.05, 4.69) is 34.2 Å². The number of hydrogen-bond acceptors (Lipinski definition) is 15. The molecule has 2 aromatic rings. The Balaban J connectivity index is 1.66. The number of nitrogens with two attached hydrogens (primary N) is 1. The van der Waals surface area contributed by atoms with Crippen LogP contribution in [0.1, 0.15) is 38.3 Å². The first-order valence-electron chi connectivity index (χ1n) is 11.4. The molecule has 8 N–H and O–H groups in total. The lowest BCUT2D eigenvalue weighted by Gasteiger charge is -2.19. The maximum absolute atomic E-state index is 12.0. The summed E-state index contributed by atoms with van der Waals surface area (Å²) in [5, 5.41) is 29.9. The zero-order valence-corrected chi connectivity index (χ0v) is 23.9. The SMILES string of the molecule is N#CCCCCCCSc1nc(N)c2ncn(C3OC(COP(=O)(O)OP(=O)(O)OP(=O)(O)O)C(O)C3O)c2n1. The Kier molecular flexibility index (Phi) is 11.2. The number of phosphoric ester groups is 1. The van der Waals surface area contributed by atoms with E-state index in [0.717, 1.165) is 25.7 Å². The number of hydrogen-bond donors (Lipinski definition) is 7. The van der Waals surface area contributed by atoms with Gasteiger partial charge < -0.3 is 40.3 Å². The van der Waals surface area contributed by atoms with Crippen molar-refractivity contribution in [3.63, 3.8) is 0 Å². The van der Waals surface area contributed by atoms with Gasteiger partial charge in [0.1, 0.15) is 23.8 Å². The van der Waals surface area contributed by atoms with E-state index in [4.69, 9.17) is 25.5 Å². The zero-order chi connectivity index (χ0) is 29.7. The molecule has 0 aromatic carbocycles. The number of anilines is 1. The molecule has 40 heavy (non-hydrogen) atoms. The van der Waals surface area contributed by atoms with Crippen molar-refractivity contribution in [2.24, 2.45) is 0 Å². The van der Waals surface area contributed by atoms with Gasteiger partial charge in [0.05, 0.1) is 19.0 Å². The van der Waals surface area contributed by atoms with E-state index in [1.807, 2.05) is 0 Å². The first-order valence-corrected chi connectivity index (χ1v) is 16.9. The predicted octanol–water partition coefficient (Wildman–Crippen LogP) is 0.937. The second kappa shape index (κ2) is 13.6. The van der Waals surface area contributed by atoms with E-state index in [0.29, 0.717) is 17.3 Å². The molecule has 1 fully saturated rings. The van der Waals surface area contributed by atoms with Crippen LogP contribution in [0.3, 0.4) is 0 Å². The summed E-state index contributed by atoms with van der Waals surface area (Å²) in [4.78, 5) is 48.8. The maximum atomic E-state index is 12.0. The Labute approximate surface area is 230 Å². The lowest BCUT2D eigenvalue weighted by molar-refractivity contribution is -0.0503. The number of thioether (sulfide) groups is 1. The Morgan fingerprint density at radius 2 is 1.75 bits per heavy atom. The minimum atomic E-state index is -5.74. The van der Waals surface area contributed by atoms with Crippen molar-refractivity contribution in [1.82, 2.24) is 19.5 Å². The number of nitrogens with zero attached hydrogens (tertiary/aromatic N) is 5. The molecule has 2 aromatic heterocycles. The quantitative estimate of drug-likeness (QED) is 0.0611. The van der Waals surface area contributed by atoms with Crippen LogP contribution in [0, 0.1) is 11.3 Å². The van der Waals surface area contributed by atoms with E-state index < -0.39 is 54.6 Å². The average molecular weight is 648 g/mol. The van der Waals surface area contributed by atoms with Crippen molar-refractivity contribution in [3.05, 3.63) is 6.33 Å². The molecule has 6 unspecified atom stereocenters. The van der Waals surface area contributed by atoms with Crippen molar-refractivity contribution in [3.8, 4) is 6.07 Å². The summed E-state index contributed by atoms with van der Waals surface area (Å²) in [6.07, 6.45) is -0.897. The third-order valence-electron chi connectivity index (χ3n) is 5.27. The van der Waals surface area contributed by atoms with Crippen molar-refractivity contribution in [2.75, 3.05) is 18.1 Å². The van der Waals surface area contributed by atoms with E-state index in [1.165, 1.54) is 22.7 Å². The van der Waals surface area contributed by atoms with Gasteiger partial charge >= 0.3 is 23.5 Å². The number of fused-ring (bicyclic) bond motifs is 1. The number of nitrogen functional groups attached to an aromatic ring is 1. The van der Waals surface area contributed by atoms with Gasteiger partial charge in [-0.3, -0.25) is 9.09 Å². The molecule has 0 aliphatic carbocycles. The summed E-state index contributed by atoms with van der Waals surface area (Å²) in [5.74, 6) is 0.729. The second-order valence-electron chi connectivity index (χ2n) is 8.32. The van der Waals surface area contributed by atoms with Gasteiger partial charge in [0.25, 0.3) is 0 Å². The van der Waals surface area contributed by atoms with Gasteiger partial charge in [-0.2, -0.15) is 13.9 Å². The number of rotatable bonds is 15. The number of aromatic nitrogens is 4. The third-order valence-corrected chi connectivity index (χ3v) is 10.0. The van der Waals surface area contributed by atoms with Crippen molar-refractivity contribution in [2.45, 2.75) is 61.8 Å². The molecule has 0 bridgehead atoms. The highest BCUT2D eigenvalue weighted by atomic mass is 32.2. The van der Waals surface area contributed by atoms with Crippen molar-refractivity contribution in [1.29, 1.82) is 5.26 Å². The molecule has 0 radical (unpaired) electrons. The summed E-state index contributed by atoms with van der Waals surface area (Å²) in [7, 11) is -16.8. The van der Waals surface area contributed by atoms with Gasteiger partial charge in [-0.25, -0.2) is 28.6 Å². The van der Waals surface area contributed by atoms with Gasteiger partial charge in [-0.1, -0.05) is 24.6 Å². The van der Waals surface area contributed by atoms with Crippen LogP contribution in [0.2, 0.25) is 0 Å². The summed E-state index contributed by atoms with van der Waals surface area (Å²) in [5.41, 5.74) is 6.35. The van der Waals surface area contributed by atoms with Crippen LogP contribution in [-0.2, 0) is 31.6 Å². The number of aliphatic hydroxyl groups is 2. The van der Waals surface area contributed by atoms with Crippen LogP contribution < -0.4 is 5.73 Å². The van der Waals surface area contributed by atoms with Crippen LogP contribution in [0.4, 0.5) is 5.82 Å². The summed E-state index contributed by atoms with van der Waals surface area (Å²) in [6.45, 7) is -0.975. The molecule has 224 valence electrons. The molecule has 19 nitrogen and oxygen atoms in total. The van der Waals surface area contributed by atoms with Gasteiger partial charge in [0.2, 0.25) is 0 Å². The topological polar surface area (TPSA) is 303 Å². The van der Waals surface area contributed by atoms with Crippen LogP contribution in [0.25, 0.3) is 11.2 Å². The Hall–Kier alpha value is -1.52. The van der Waals surface area contributed by atoms with Gasteiger partial charge in [-0.15, -0.1) is 0 Å². The van der Waals surface area contributed by atoms with Crippen molar-refractivity contribution >= 4 is 52.2 Å². The van der Waals surface area contributed by atoms with E-state index >= 15 is 0 Å². The number of nitriles is 1. The molecule has 3 heterocycles. The molecule has 1 saturated heterocycles. The highest BCUT2D eigenvalue weighted by molar-refractivity contribution is 7.99. The third kappa shape index (κ3) is 9.24. The van der Waals surface area contributed by atoms with Crippen molar-refractivity contribution < 1.29 is 61.4 Å². The Bertz CT molecular complexity index is 1370. The smallest absolute Gasteiger partial charge is 0.387 e. The van der Waals surface area contributed by atoms with E-state index in [1.54, 1.807) is 0 Å². The fourth-order valence-corrected chi connectivity index (χ4v) is 7.43.